The van der Waals surface area contributed by atoms with E-state index in [1.807, 2.05) is 13.1 Å². The van der Waals surface area contributed by atoms with Crippen LogP contribution < -0.4 is 10.5 Å². The van der Waals surface area contributed by atoms with Crippen LogP contribution in [-0.4, -0.2) is 17.1 Å². The maximum atomic E-state index is 6.01. The lowest BCUT2D eigenvalue weighted by Crippen LogP contribution is -2.05. The third kappa shape index (κ3) is 3.32. The van der Waals surface area contributed by atoms with Crippen molar-refractivity contribution in [1.29, 1.82) is 0 Å². The Hall–Kier alpha value is -2.10. The van der Waals surface area contributed by atoms with Crippen LogP contribution in [-0.2, 0) is 6.42 Å². The van der Waals surface area contributed by atoms with E-state index < -0.39 is 0 Å². The Bertz CT molecular complexity index is 651. The van der Waals surface area contributed by atoms with Crippen LogP contribution in [0.25, 0.3) is 0 Å². The van der Waals surface area contributed by atoms with E-state index in [-0.39, 0.29) is 0 Å². The molecule has 1 aromatic carbocycles. The lowest BCUT2D eigenvalue weighted by atomic mass is 9.91. The first-order valence-corrected chi connectivity index (χ1v) is 7.17. The predicted octanol–water partition coefficient (Wildman–Crippen LogP) is 3.40. The molecule has 2 N–H and O–H groups in total. The van der Waals surface area contributed by atoms with E-state index in [0.29, 0.717) is 17.6 Å². The van der Waals surface area contributed by atoms with Gasteiger partial charge in [0.05, 0.1) is 7.11 Å². The van der Waals surface area contributed by atoms with Crippen molar-refractivity contribution >= 4 is 5.82 Å². The molecule has 4 nitrogen and oxygen atoms in total. The highest BCUT2D eigenvalue weighted by Crippen LogP contribution is 2.30. The summed E-state index contributed by atoms with van der Waals surface area (Å²) in [5, 5.41) is 0. The SMILES string of the molecule is COc1cc(Cc2cnc(C)nc2N)c(C(C)C)cc1C. The van der Waals surface area contributed by atoms with Gasteiger partial charge in [0, 0.05) is 18.2 Å². The Morgan fingerprint density at radius 2 is 1.90 bits per heavy atom. The number of methoxy groups -OCH3 is 1. The molecule has 0 aliphatic rings. The number of hydrogen-bond donors (Lipinski definition) is 1. The molecular weight excluding hydrogens is 262 g/mol. The first-order chi connectivity index (χ1) is 9.92. The van der Waals surface area contributed by atoms with Crippen molar-refractivity contribution in [3.8, 4) is 5.75 Å². The van der Waals surface area contributed by atoms with Gasteiger partial charge in [-0.2, -0.15) is 0 Å². The molecule has 0 saturated carbocycles. The summed E-state index contributed by atoms with van der Waals surface area (Å²) in [5.74, 6) is 2.59. The van der Waals surface area contributed by atoms with Crippen molar-refractivity contribution in [3.05, 3.63) is 46.4 Å². The predicted molar refractivity (Wildman–Crippen MR) is 85.8 cm³/mol. The van der Waals surface area contributed by atoms with Gasteiger partial charge in [0.15, 0.2) is 0 Å². The highest BCUT2D eigenvalue weighted by molar-refractivity contribution is 5.48. The fourth-order valence-corrected chi connectivity index (χ4v) is 2.52. The van der Waals surface area contributed by atoms with Gasteiger partial charge in [0.25, 0.3) is 0 Å². The van der Waals surface area contributed by atoms with E-state index in [4.69, 9.17) is 10.5 Å². The molecular formula is C17H23N3O. The van der Waals surface area contributed by atoms with Crippen LogP contribution in [0.15, 0.2) is 18.3 Å². The van der Waals surface area contributed by atoms with E-state index >= 15 is 0 Å². The van der Waals surface area contributed by atoms with Gasteiger partial charge in [0.1, 0.15) is 17.4 Å². The number of anilines is 1. The molecule has 4 heteroatoms. The molecule has 2 aromatic rings. The number of nitrogens with two attached hydrogens (primary N) is 1. The molecule has 0 spiro atoms. The van der Waals surface area contributed by atoms with Crippen molar-refractivity contribution in [2.45, 2.75) is 40.0 Å². The second-order valence-corrected chi connectivity index (χ2v) is 5.68. The summed E-state index contributed by atoms with van der Waals surface area (Å²) in [5.41, 5.74) is 10.6. The molecule has 1 aromatic heterocycles. The molecule has 0 saturated heterocycles. The Kier molecular flexibility index (Phi) is 4.46. The normalized spacial score (nSPS) is 11.0. The molecule has 0 bridgehead atoms. The average Bonchev–Trinajstić information content (AvgIpc) is 2.42. The summed E-state index contributed by atoms with van der Waals surface area (Å²) in [4.78, 5) is 8.49. The lowest BCUT2D eigenvalue weighted by Gasteiger charge is -2.17. The number of ether oxygens (including phenoxy) is 1. The van der Waals surface area contributed by atoms with Crippen LogP contribution in [0.3, 0.4) is 0 Å². The second-order valence-electron chi connectivity index (χ2n) is 5.68. The van der Waals surface area contributed by atoms with Gasteiger partial charge in [-0.3, -0.25) is 0 Å². The topological polar surface area (TPSA) is 61.0 Å². The maximum absolute atomic E-state index is 6.01. The van der Waals surface area contributed by atoms with Crippen LogP contribution in [0.4, 0.5) is 5.82 Å². The van der Waals surface area contributed by atoms with Crippen LogP contribution in [0, 0.1) is 13.8 Å². The number of benzene rings is 1. The molecule has 0 aliphatic heterocycles. The quantitative estimate of drug-likeness (QED) is 0.935. The molecule has 0 atom stereocenters. The van der Waals surface area contributed by atoms with E-state index in [1.54, 1.807) is 7.11 Å². The van der Waals surface area contributed by atoms with Crippen LogP contribution in [0.2, 0.25) is 0 Å². The van der Waals surface area contributed by atoms with Crippen molar-refractivity contribution in [3.63, 3.8) is 0 Å². The van der Waals surface area contributed by atoms with Gasteiger partial charge in [0.2, 0.25) is 0 Å². The Balaban J connectivity index is 2.46. The van der Waals surface area contributed by atoms with Gasteiger partial charge in [-0.1, -0.05) is 19.9 Å². The number of aromatic nitrogens is 2. The molecule has 112 valence electrons. The molecule has 21 heavy (non-hydrogen) atoms. The fraction of sp³-hybridized carbons (Fsp3) is 0.412. The monoisotopic (exact) mass is 285 g/mol. The van der Waals surface area contributed by atoms with Gasteiger partial charge in [-0.25, -0.2) is 9.97 Å². The van der Waals surface area contributed by atoms with Crippen LogP contribution >= 0.6 is 0 Å². The standard InChI is InChI=1S/C17H23N3O/c1-10(2)15-6-11(3)16(21-5)8-13(15)7-14-9-19-12(4)20-17(14)18/h6,8-10H,7H2,1-5H3,(H2,18,19,20). The smallest absolute Gasteiger partial charge is 0.130 e. The number of aryl methyl sites for hydroxylation is 2. The first-order valence-electron chi connectivity index (χ1n) is 7.17. The molecule has 0 radical (unpaired) electrons. The number of nitrogen functional groups attached to an aromatic ring is 1. The molecule has 0 aliphatic carbocycles. The zero-order chi connectivity index (χ0) is 15.6. The van der Waals surface area contributed by atoms with E-state index in [0.717, 1.165) is 23.3 Å². The minimum atomic E-state index is 0.442. The maximum Gasteiger partial charge on any atom is 0.130 e. The summed E-state index contributed by atoms with van der Waals surface area (Å²) in [6.45, 7) is 8.30. The summed E-state index contributed by atoms with van der Waals surface area (Å²) in [6.07, 6.45) is 2.53. The molecule has 0 unspecified atom stereocenters. The fourth-order valence-electron chi connectivity index (χ4n) is 2.52. The van der Waals surface area contributed by atoms with Crippen molar-refractivity contribution in [2.24, 2.45) is 0 Å². The number of hydrogen-bond acceptors (Lipinski definition) is 4. The minimum Gasteiger partial charge on any atom is -0.496 e. The largest absolute Gasteiger partial charge is 0.496 e. The van der Waals surface area contributed by atoms with Gasteiger partial charge >= 0.3 is 0 Å². The summed E-state index contributed by atoms with van der Waals surface area (Å²) < 4.78 is 5.44. The third-order valence-corrected chi connectivity index (χ3v) is 3.68. The van der Waals surface area contributed by atoms with E-state index in [2.05, 4.69) is 42.9 Å². The molecule has 2 rings (SSSR count). The summed E-state index contributed by atoms with van der Waals surface area (Å²) >= 11 is 0. The second kappa shape index (κ2) is 6.12. The van der Waals surface area contributed by atoms with E-state index in [9.17, 15) is 0 Å². The third-order valence-electron chi connectivity index (χ3n) is 3.68. The van der Waals surface area contributed by atoms with Gasteiger partial charge in [-0.15, -0.1) is 0 Å². The van der Waals surface area contributed by atoms with Gasteiger partial charge in [-0.05, 0) is 42.5 Å². The lowest BCUT2D eigenvalue weighted by molar-refractivity contribution is 0.411. The Morgan fingerprint density at radius 3 is 2.48 bits per heavy atom. The first kappa shape index (κ1) is 15.3. The minimum absolute atomic E-state index is 0.442. The zero-order valence-electron chi connectivity index (χ0n) is 13.4. The van der Waals surface area contributed by atoms with Gasteiger partial charge < -0.3 is 10.5 Å². The summed E-state index contributed by atoms with van der Waals surface area (Å²) in [6, 6.07) is 4.30. The molecule has 0 fully saturated rings. The highest BCUT2D eigenvalue weighted by atomic mass is 16.5. The zero-order valence-corrected chi connectivity index (χ0v) is 13.4. The van der Waals surface area contributed by atoms with Crippen LogP contribution in [0.5, 0.6) is 5.75 Å². The molecule has 0 amide bonds. The van der Waals surface area contributed by atoms with Crippen molar-refractivity contribution in [1.82, 2.24) is 9.97 Å². The van der Waals surface area contributed by atoms with E-state index in [1.165, 1.54) is 11.1 Å². The molecule has 1 heterocycles. The highest BCUT2D eigenvalue weighted by Gasteiger charge is 2.13. The number of rotatable bonds is 4. The summed E-state index contributed by atoms with van der Waals surface area (Å²) in [7, 11) is 1.70. The Labute approximate surface area is 126 Å². The Morgan fingerprint density at radius 1 is 1.19 bits per heavy atom. The van der Waals surface area contributed by atoms with Crippen molar-refractivity contribution < 1.29 is 4.74 Å². The van der Waals surface area contributed by atoms with Crippen LogP contribution in [0.1, 0.15) is 47.8 Å². The number of nitrogens with zero attached hydrogens (tertiary/aromatic N) is 2. The van der Waals surface area contributed by atoms with Crippen molar-refractivity contribution in [2.75, 3.05) is 12.8 Å². The average molecular weight is 285 g/mol.